The molecule has 0 unspecified atom stereocenters. The van der Waals surface area contributed by atoms with Crippen molar-refractivity contribution < 1.29 is 23.9 Å². The van der Waals surface area contributed by atoms with Crippen molar-refractivity contribution in [3.8, 4) is 0 Å². The molecule has 0 bridgehead atoms. The minimum Gasteiger partial charge on any atom is -0.466 e. The van der Waals surface area contributed by atoms with Crippen molar-refractivity contribution in [2.75, 3.05) is 32.0 Å². The molecule has 0 spiro atoms. The lowest BCUT2D eigenvalue weighted by Crippen LogP contribution is -2.42. The van der Waals surface area contributed by atoms with E-state index in [0.717, 1.165) is 0 Å². The first-order chi connectivity index (χ1) is 11.5. The molecule has 1 saturated heterocycles. The molecule has 1 aliphatic heterocycles. The highest BCUT2D eigenvalue weighted by Crippen LogP contribution is 2.19. The fraction of sp³-hybridized carbons (Fsp3) is 0.533. The zero-order chi connectivity index (χ0) is 17.5. The highest BCUT2D eigenvalue weighted by molar-refractivity contribution is 5.93. The van der Waals surface area contributed by atoms with Crippen LogP contribution < -0.4 is 5.73 Å². The van der Waals surface area contributed by atoms with Crippen LogP contribution in [0.1, 0.15) is 30.3 Å². The predicted molar refractivity (Wildman–Crippen MR) is 82.7 cm³/mol. The third kappa shape index (κ3) is 4.40. The Kier molecular flexibility index (Phi) is 6.05. The van der Waals surface area contributed by atoms with Crippen molar-refractivity contribution in [1.29, 1.82) is 0 Å². The molecule has 0 saturated carbocycles. The Morgan fingerprint density at radius 2 is 1.88 bits per heavy atom. The summed E-state index contributed by atoms with van der Waals surface area (Å²) in [5.41, 5.74) is 5.41. The molecular formula is C15H20N4O5. The van der Waals surface area contributed by atoms with E-state index in [4.69, 9.17) is 15.2 Å². The molecule has 1 amide bonds. The van der Waals surface area contributed by atoms with Crippen LogP contribution in [0.2, 0.25) is 0 Å². The Balaban J connectivity index is 1.79. The fourth-order valence-electron chi connectivity index (χ4n) is 2.42. The molecule has 2 rings (SSSR count). The first-order valence-corrected chi connectivity index (χ1v) is 7.71. The summed E-state index contributed by atoms with van der Waals surface area (Å²) >= 11 is 0. The van der Waals surface area contributed by atoms with E-state index < -0.39 is 12.6 Å². The third-order valence-corrected chi connectivity index (χ3v) is 3.71. The molecule has 1 aromatic heterocycles. The number of nitrogen functional groups attached to an aromatic ring is 1. The summed E-state index contributed by atoms with van der Waals surface area (Å²) in [5.74, 6) is -1.58. The summed E-state index contributed by atoms with van der Waals surface area (Å²) in [6.45, 7) is 2.55. The number of hydrogen-bond acceptors (Lipinski definition) is 8. The van der Waals surface area contributed by atoms with E-state index in [9.17, 15) is 14.4 Å². The zero-order valence-corrected chi connectivity index (χ0v) is 13.4. The number of esters is 2. The van der Waals surface area contributed by atoms with Gasteiger partial charge < -0.3 is 20.1 Å². The molecule has 2 N–H and O–H groups in total. The maximum absolute atomic E-state index is 12.1. The van der Waals surface area contributed by atoms with Gasteiger partial charge in [0, 0.05) is 25.5 Å². The van der Waals surface area contributed by atoms with Crippen molar-refractivity contribution in [2.45, 2.75) is 19.8 Å². The van der Waals surface area contributed by atoms with Crippen molar-refractivity contribution >= 4 is 23.7 Å². The quantitative estimate of drug-likeness (QED) is 0.746. The Hall–Kier alpha value is -2.71. The van der Waals surface area contributed by atoms with Crippen LogP contribution >= 0.6 is 0 Å². The van der Waals surface area contributed by atoms with E-state index in [1.807, 2.05) is 0 Å². The Morgan fingerprint density at radius 1 is 1.21 bits per heavy atom. The number of carbonyl (C=O) groups is 3. The fourth-order valence-corrected chi connectivity index (χ4v) is 2.42. The van der Waals surface area contributed by atoms with Gasteiger partial charge in [-0.1, -0.05) is 0 Å². The lowest BCUT2D eigenvalue weighted by atomic mass is 9.97. The topological polar surface area (TPSA) is 125 Å². The monoisotopic (exact) mass is 336 g/mol. The van der Waals surface area contributed by atoms with Gasteiger partial charge in [0.25, 0.3) is 5.91 Å². The van der Waals surface area contributed by atoms with Crippen LogP contribution in [-0.4, -0.2) is 59.0 Å². The van der Waals surface area contributed by atoms with Crippen molar-refractivity contribution in [1.82, 2.24) is 14.9 Å². The van der Waals surface area contributed by atoms with E-state index in [1.165, 1.54) is 12.4 Å². The van der Waals surface area contributed by atoms with Gasteiger partial charge in [-0.2, -0.15) is 0 Å². The number of piperidine rings is 1. The number of nitrogens with zero attached hydrogens (tertiary/aromatic N) is 3. The van der Waals surface area contributed by atoms with Crippen LogP contribution in [0, 0.1) is 5.92 Å². The van der Waals surface area contributed by atoms with Crippen LogP contribution in [0.25, 0.3) is 0 Å². The van der Waals surface area contributed by atoms with Crippen LogP contribution in [0.3, 0.4) is 0 Å². The zero-order valence-electron chi connectivity index (χ0n) is 13.4. The molecule has 1 fully saturated rings. The second-order valence-corrected chi connectivity index (χ2v) is 5.27. The maximum Gasteiger partial charge on any atom is 0.361 e. The SMILES string of the molecule is CCOC(=O)C1CCN(C(=O)COC(=O)c2nccnc2N)CC1. The van der Waals surface area contributed by atoms with Crippen LogP contribution in [0.4, 0.5) is 5.82 Å². The summed E-state index contributed by atoms with van der Waals surface area (Å²) < 4.78 is 9.91. The molecular weight excluding hydrogens is 316 g/mol. The van der Waals surface area contributed by atoms with Crippen LogP contribution in [0.5, 0.6) is 0 Å². The second-order valence-electron chi connectivity index (χ2n) is 5.27. The van der Waals surface area contributed by atoms with Gasteiger partial charge in [-0.05, 0) is 19.8 Å². The van der Waals surface area contributed by atoms with Crippen molar-refractivity contribution in [2.24, 2.45) is 5.92 Å². The van der Waals surface area contributed by atoms with E-state index in [0.29, 0.717) is 32.5 Å². The van der Waals surface area contributed by atoms with Gasteiger partial charge in [-0.25, -0.2) is 14.8 Å². The minimum absolute atomic E-state index is 0.0507. The number of nitrogens with two attached hydrogens (primary N) is 1. The Morgan fingerprint density at radius 3 is 2.50 bits per heavy atom. The predicted octanol–water partition coefficient (Wildman–Crippen LogP) is 0.0173. The number of likely N-dealkylation sites (tertiary alicyclic amines) is 1. The van der Waals surface area contributed by atoms with Gasteiger partial charge in [-0.15, -0.1) is 0 Å². The molecule has 130 valence electrons. The summed E-state index contributed by atoms with van der Waals surface area (Å²) in [7, 11) is 0. The Labute approximate surface area is 139 Å². The summed E-state index contributed by atoms with van der Waals surface area (Å²) in [5, 5.41) is 0. The van der Waals surface area contributed by atoms with Gasteiger partial charge in [0.1, 0.15) is 0 Å². The number of carbonyl (C=O) groups excluding carboxylic acids is 3. The molecule has 1 aliphatic rings. The first kappa shape index (κ1) is 17.6. The highest BCUT2D eigenvalue weighted by Gasteiger charge is 2.28. The molecule has 24 heavy (non-hydrogen) atoms. The number of amides is 1. The van der Waals surface area contributed by atoms with Crippen LogP contribution in [0.15, 0.2) is 12.4 Å². The molecule has 0 aliphatic carbocycles. The van der Waals surface area contributed by atoms with Gasteiger partial charge in [-0.3, -0.25) is 9.59 Å². The van der Waals surface area contributed by atoms with Crippen molar-refractivity contribution in [3.63, 3.8) is 0 Å². The lowest BCUT2D eigenvalue weighted by molar-refractivity contribution is -0.151. The van der Waals surface area contributed by atoms with E-state index in [-0.39, 0.29) is 29.3 Å². The highest BCUT2D eigenvalue weighted by atomic mass is 16.5. The van der Waals surface area contributed by atoms with E-state index in [2.05, 4.69) is 9.97 Å². The largest absolute Gasteiger partial charge is 0.466 e. The third-order valence-electron chi connectivity index (χ3n) is 3.71. The minimum atomic E-state index is -0.796. The number of anilines is 1. The lowest BCUT2D eigenvalue weighted by Gasteiger charge is -2.30. The molecule has 0 radical (unpaired) electrons. The van der Waals surface area contributed by atoms with Gasteiger partial charge >= 0.3 is 11.9 Å². The first-order valence-electron chi connectivity index (χ1n) is 7.71. The van der Waals surface area contributed by atoms with E-state index in [1.54, 1.807) is 11.8 Å². The number of ether oxygens (including phenoxy) is 2. The van der Waals surface area contributed by atoms with Crippen LogP contribution in [-0.2, 0) is 19.1 Å². The summed E-state index contributed by atoms with van der Waals surface area (Å²) in [4.78, 5) is 44.6. The van der Waals surface area contributed by atoms with Gasteiger partial charge in [0.05, 0.1) is 12.5 Å². The summed E-state index contributed by atoms with van der Waals surface area (Å²) in [6, 6.07) is 0. The Bertz CT molecular complexity index is 614. The smallest absolute Gasteiger partial charge is 0.361 e. The van der Waals surface area contributed by atoms with Crippen molar-refractivity contribution in [3.05, 3.63) is 18.1 Å². The molecule has 0 aromatic carbocycles. The molecule has 9 heteroatoms. The average molecular weight is 336 g/mol. The normalized spacial score (nSPS) is 15.0. The number of aromatic nitrogens is 2. The van der Waals surface area contributed by atoms with E-state index >= 15 is 0 Å². The molecule has 0 atom stereocenters. The molecule has 1 aromatic rings. The average Bonchev–Trinajstić information content (AvgIpc) is 2.60. The summed E-state index contributed by atoms with van der Waals surface area (Å²) in [6.07, 6.45) is 3.74. The molecule has 2 heterocycles. The van der Waals surface area contributed by atoms with Gasteiger partial charge in [0.15, 0.2) is 18.1 Å². The standard InChI is InChI=1S/C15H20N4O5/c1-2-23-14(21)10-3-7-19(8-4-10)11(20)9-24-15(22)12-13(16)18-6-5-17-12/h5-6,10H,2-4,7-9H2,1H3,(H2,16,18). The number of rotatable bonds is 5. The molecule has 9 nitrogen and oxygen atoms in total. The van der Waals surface area contributed by atoms with Gasteiger partial charge in [0.2, 0.25) is 0 Å². The second kappa shape index (κ2) is 8.23. The number of hydrogen-bond donors (Lipinski definition) is 1. The maximum atomic E-state index is 12.1.